The Hall–Kier alpha value is -0.430. The van der Waals surface area contributed by atoms with Crippen molar-refractivity contribution in [2.45, 2.75) is 59.6 Å². The maximum absolute atomic E-state index is 4.60. The molecule has 17 heavy (non-hydrogen) atoms. The molecule has 0 saturated carbocycles. The van der Waals surface area contributed by atoms with Gasteiger partial charge in [0.2, 0.25) is 0 Å². The molecular formula is C16H30S. The predicted octanol–water partition coefficient (Wildman–Crippen LogP) is 5.83. The molecule has 0 aromatic rings. The van der Waals surface area contributed by atoms with Crippen molar-refractivity contribution in [1.82, 2.24) is 0 Å². The minimum Gasteiger partial charge on any atom is -0.173 e. The maximum atomic E-state index is 4.60. The lowest BCUT2D eigenvalue weighted by molar-refractivity contribution is 0.374. The molecule has 0 bridgehead atoms. The standard InChI is InChI=1S/C14H24S.C2H6/c1-7-9-10-12(8-2)13(3,4)11-14(5,6)15;1-2/h7-10,15H,1,11H2,2-6H3;1-2H3/b10-9-,12-8+;. The van der Waals surface area contributed by atoms with Gasteiger partial charge in [0, 0.05) is 4.75 Å². The van der Waals surface area contributed by atoms with Crippen LogP contribution in [0.4, 0.5) is 0 Å². The van der Waals surface area contributed by atoms with Crippen LogP contribution in [-0.4, -0.2) is 4.75 Å². The summed E-state index contributed by atoms with van der Waals surface area (Å²) in [4.78, 5) is 0. The van der Waals surface area contributed by atoms with Gasteiger partial charge in [0.25, 0.3) is 0 Å². The molecule has 0 spiro atoms. The SMILES string of the molecule is C=C/C=C\C(=C/C)C(C)(C)CC(C)(C)S.CC. The molecule has 0 unspecified atom stereocenters. The van der Waals surface area contributed by atoms with E-state index in [1.807, 2.05) is 26.0 Å². The van der Waals surface area contributed by atoms with Crippen molar-refractivity contribution in [2.24, 2.45) is 5.41 Å². The average molecular weight is 254 g/mol. The van der Waals surface area contributed by atoms with Crippen molar-refractivity contribution in [2.75, 3.05) is 0 Å². The van der Waals surface area contributed by atoms with E-state index in [1.165, 1.54) is 5.57 Å². The van der Waals surface area contributed by atoms with Gasteiger partial charge in [-0.25, -0.2) is 0 Å². The Labute approximate surface area is 114 Å². The van der Waals surface area contributed by atoms with Crippen LogP contribution < -0.4 is 0 Å². The fraction of sp³-hybridized carbons (Fsp3) is 0.625. The largest absolute Gasteiger partial charge is 0.173 e. The van der Waals surface area contributed by atoms with E-state index < -0.39 is 0 Å². The Kier molecular flexibility index (Phi) is 9.61. The summed E-state index contributed by atoms with van der Waals surface area (Å²) in [6.07, 6.45) is 9.14. The monoisotopic (exact) mass is 254 g/mol. The van der Waals surface area contributed by atoms with Crippen molar-refractivity contribution >= 4 is 12.6 Å². The summed E-state index contributed by atoms with van der Waals surface area (Å²) in [6, 6.07) is 0. The van der Waals surface area contributed by atoms with Gasteiger partial charge in [-0.1, -0.05) is 72.4 Å². The summed E-state index contributed by atoms with van der Waals surface area (Å²) >= 11 is 4.60. The average Bonchev–Trinajstić information content (AvgIpc) is 2.18. The smallest absolute Gasteiger partial charge is 0.00814 e. The van der Waals surface area contributed by atoms with E-state index in [-0.39, 0.29) is 10.2 Å². The minimum absolute atomic E-state index is 0.0553. The summed E-state index contributed by atoms with van der Waals surface area (Å²) in [5, 5.41) is 0. The molecule has 100 valence electrons. The summed E-state index contributed by atoms with van der Waals surface area (Å²) in [6.45, 7) is 18.6. The molecule has 1 heteroatoms. The van der Waals surface area contributed by atoms with Gasteiger partial charge in [0.1, 0.15) is 0 Å². The van der Waals surface area contributed by atoms with Gasteiger partial charge in [0.15, 0.2) is 0 Å². The van der Waals surface area contributed by atoms with Crippen molar-refractivity contribution < 1.29 is 0 Å². The van der Waals surface area contributed by atoms with Crippen LogP contribution in [0.1, 0.15) is 54.9 Å². The van der Waals surface area contributed by atoms with Gasteiger partial charge < -0.3 is 0 Å². The first-order chi connectivity index (χ1) is 7.73. The first kappa shape index (κ1) is 18.9. The molecular weight excluding hydrogens is 224 g/mol. The van der Waals surface area contributed by atoms with Gasteiger partial charge in [-0.15, -0.1) is 0 Å². The molecule has 0 heterocycles. The molecule has 0 aromatic heterocycles. The van der Waals surface area contributed by atoms with Crippen LogP contribution in [0.3, 0.4) is 0 Å². The number of hydrogen-bond donors (Lipinski definition) is 1. The third kappa shape index (κ3) is 9.29. The Morgan fingerprint density at radius 3 is 1.94 bits per heavy atom. The summed E-state index contributed by atoms with van der Waals surface area (Å²) in [5.74, 6) is 0. The van der Waals surface area contributed by atoms with E-state index in [9.17, 15) is 0 Å². The van der Waals surface area contributed by atoms with Crippen LogP contribution in [0.15, 0.2) is 36.5 Å². The minimum atomic E-state index is 0.0553. The molecule has 0 atom stereocenters. The first-order valence-corrected chi connectivity index (χ1v) is 6.86. The zero-order valence-corrected chi connectivity index (χ0v) is 13.6. The summed E-state index contributed by atoms with van der Waals surface area (Å²) < 4.78 is 0.0553. The fourth-order valence-corrected chi connectivity index (χ4v) is 2.46. The molecule has 0 aliphatic heterocycles. The van der Waals surface area contributed by atoms with E-state index >= 15 is 0 Å². The summed E-state index contributed by atoms with van der Waals surface area (Å²) in [7, 11) is 0. The molecule has 0 fully saturated rings. The molecule has 0 amide bonds. The lowest BCUT2D eigenvalue weighted by Crippen LogP contribution is -2.24. The summed E-state index contributed by atoms with van der Waals surface area (Å²) in [5.41, 5.74) is 1.49. The number of allylic oxidation sites excluding steroid dienone is 5. The van der Waals surface area contributed by atoms with Crippen LogP contribution in [-0.2, 0) is 0 Å². The predicted molar refractivity (Wildman–Crippen MR) is 85.9 cm³/mol. The lowest BCUT2D eigenvalue weighted by atomic mass is 9.76. The van der Waals surface area contributed by atoms with Crippen molar-refractivity contribution in [1.29, 1.82) is 0 Å². The second kappa shape index (κ2) is 8.63. The second-order valence-corrected chi connectivity index (χ2v) is 6.42. The highest BCUT2D eigenvalue weighted by atomic mass is 32.1. The maximum Gasteiger partial charge on any atom is 0.00814 e. The van der Waals surface area contributed by atoms with Crippen LogP contribution in [0, 0.1) is 5.41 Å². The van der Waals surface area contributed by atoms with Gasteiger partial charge in [-0.3, -0.25) is 0 Å². The number of rotatable bonds is 5. The van der Waals surface area contributed by atoms with Crippen molar-refractivity contribution in [3.8, 4) is 0 Å². The Morgan fingerprint density at radius 1 is 1.18 bits per heavy atom. The van der Waals surface area contributed by atoms with E-state index in [0.29, 0.717) is 0 Å². The lowest BCUT2D eigenvalue weighted by Gasteiger charge is -2.33. The van der Waals surface area contributed by atoms with Crippen molar-refractivity contribution in [3.63, 3.8) is 0 Å². The van der Waals surface area contributed by atoms with Crippen LogP contribution in [0.25, 0.3) is 0 Å². The third-order valence-corrected chi connectivity index (χ3v) is 2.54. The Morgan fingerprint density at radius 2 is 1.65 bits per heavy atom. The zero-order chi connectivity index (χ0) is 14.1. The Bertz CT molecular complexity index is 262. The normalized spacial score (nSPS) is 13.3. The highest BCUT2D eigenvalue weighted by Crippen LogP contribution is 2.38. The van der Waals surface area contributed by atoms with E-state index in [2.05, 4.69) is 66.0 Å². The topological polar surface area (TPSA) is 0 Å². The van der Waals surface area contributed by atoms with E-state index in [1.54, 1.807) is 0 Å². The molecule has 0 radical (unpaired) electrons. The third-order valence-electron chi connectivity index (χ3n) is 2.38. The first-order valence-electron chi connectivity index (χ1n) is 6.41. The number of hydrogen-bond acceptors (Lipinski definition) is 1. The van der Waals surface area contributed by atoms with Crippen LogP contribution >= 0.6 is 12.6 Å². The van der Waals surface area contributed by atoms with Crippen LogP contribution in [0.2, 0.25) is 0 Å². The van der Waals surface area contributed by atoms with Gasteiger partial charge in [-0.2, -0.15) is 12.6 Å². The number of thiol groups is 1. The quantitative estimate of drug-likeness (QED) is 0.463. The van der Waals surface area contributed by atoms with Gasteiger partial charge in [0.05, 0.1) is 0 Å². The van der Waals surface area contributed by atoms with E-state index in [4.69, 9.17) is 0 Å². The highest BCUT2D eigenvalue weighted by molar-refractivity contribution is 7.81. The van der Waals surface area contributed by atoms with Gasteiger partial charge >= 0.3 is 0 Å². The molecule has 0 aliphatic rings. The van der Waals surface area contributed by atoms with E-state index in [0.717, 1.165) is 6.42 Å². The molecule has 0 aromatic carbocycles. The molecule has 0 saturated heterocycles. The van der Waals surface area contributed by atoms with Crippen molar-refractivity contribution in [3.05, 3.63) is 36.5 Å². The molecule has 0 N–H and O–H groups in total. The van der Waals surface area contributed by atoms with Crippen LogP contribution in [0.5, 0.6) is 0 Å². The fourth-order valence-electron chi connectivity index (χ4n) is 2.07. The zero-order valence-electron chi connectivity index (χ0n) is 12.7. The Balaban J connectivity index is 0. The molecule has 0 nitrogen and oxygen atoms in total. The molecule has 0 aliphatic carbocycles. The second-order valence-electron chi connectivity index (χ2n) is 5.21. The van der Waals surface area contributed by atoms with Gasteiger partial charge in [-0.05, 0) is 24.3 Å². The molecule has 0 rings (SSSR count). The highest BCUT2D eigenvalue weighted by Gasteiger charge is 2.27.